The zero-order chi connectivity index (χ0) is 49.4. The summed E-state index contributed by atoms with van der Waals surface area (Å²) >= 11 is 0. The van der Waals surface area contributed by atoms with Crippen LogP contribution in [0.25, 0.3) is 0 Å². The van der Waals surface area contributed by atoms with Crippen molar-refractivity contribution in [2.24, 2.45) is 0 Å². The summed E-state index contributed by atoms with van der Waals surface area (Å²) in [6.45, 7) is 3.69. The molecule has 394 valence electrons. The van der Waals surface area contributed by atoms with Crippen LogP contribution in [-0.4, -0.2) is 87.5 Å². The summed E-state index contributed by atoms with van der Waals surface area (Å²) in [7, 11) is 0. The van der Waals surface area contributed by atoms with E-state index in [-0.39, 0.29) is 12.5 Å². The van der Waals surface area contributed by atoms with Crippen molar-refractivity contribution in [3.05, 3.63) is 72.9 Å². The van der Waals surface area contributed by atoms with Crippen LogP contribution in [0.4, 0.5) is 0 Å². The molecule has 0 spiro atoms. The van der Waals surface area contributed by atoms with E-state index in [2.05, 4.69) is 79.9 Å². The largest absolute Gasteiger partial charge is 0.394 e. The third kappa shape index (κ3) is 37.5. The van der Waals surface area contributed by atoms with Gasteiger partial charge in [0.25, 0.3) is 0 Å². The number of aliphatic hydroxyl groups excluding tert-OH is 5. The molecule has 0 radical (unpaired) electrons. The summed E-state index contributed by atoms with van der Waals surface area (Å²) in [5, 5.41) is 54.3. The lowest BCUT2D eigenvalue weighted by molar-refractivity contribution is -0.302. The Kier molecular flexibility index (Phi) is 45.2. The number of hydrogen-bond donors (Lipinski definition) is 6. The number of allylic oxidation sites excluding steroid dienone is 11. The standard InChI is InChI=1S/C59H105NO8/c1-3-5-7-9-11-13-15-17-18-19-20-21-22-23-24-25-26-27-28-29-30-31-32-33-34-35-36-37-39-41-43-45-47-49-55(63)60-52(51-67-59-58(66)57(65)56(64)54(50-61)68-59)53(62)48-46-44-42-40-38-16-14-12-10-8-6-4-2/h10,12,15,17,19-20,22-23,38,40,46,48,52-54,56-59,61-62,64-66H,3-9,11,13-14,16,18,21,24-37,39,41-45,47,49-51H2,1-2H3,(H,60,63)/b12-10+,17-15-,20-19-,23-22-,40-38+,48-46+. The van der Waals surface area contributed by atoms with Crippen molar-refractivity contribution >= 4 is 5.91 Å². The van der Waals surface area contributed by atoms with E-state index in [0.29, 0.717) is 6.42 Å². The molecule has 0 aromatic carbocycles. The van der Waals surface area contributed by atoms with E-state index in [1.807, 2.05) is 6.08 Å². The van der Waals surface area contributed by atoms with Gasteiger partial charge in [-0.15, -0.1) is 0 Å². The normalized spacial score (nSPS) is 20.1. The smallest absolute Gasteiger partial charge is 0.220 e. The van der Waals surface area contributed by atoms with Gasteiger partial charge in [-0.3, -0.25) is 4.79 Å². The SMILES string of the molecule is CCCC/C=C/CC/C=C/CC/C=C/C(O)C(COC1OC(CO)C(O)C(O)C1O)NC(=O)CCCCCCCCCCCCCCCCCCCC/C=C\C/C=C\C/C=C\CCCCCCC. The van der Waals surface area contributed by atoms with Crippen LogP contribution in [0.15, 0.2) is 72.9 Å². The molecule has 0 bridgehead atoms. The Morgan fingerprint density at radius 1 is 0.500 bits per heavy atom. The summed E-state index contributed by atoms with van der Waals surface area (Å²) in [6, 6.07) is -0.829. The molecule has 1 amide bonds. The predicted molar refractivity (Wildman–Crippen MR) is 285 cm³/mol. The van der Waals surface area contributed by atoms with Crippen LogP contribution in [0.3, 0.4) is 0 Å². The molecule has 6 N–H and O–H groups in total. The fourth-order valence-corrected chi connectivity index (χ4v) is 8.48. The number of aliphatic hydroxyl groups is 5. The first-order chi connectivity index (χ1) is 33.3. The first-order valence-corrected chi connectivity index (χ1v) is 28.2. The van der Waals surface area contributed by atoms with E-state index >= 15 is 0 Å². The Balaban J connectivity index is 2.13. The maximum absolute atomic E-state index is 13.0. The first kappa shape index (κ1) is 63.6. The van der Waals surface area contributed by atoms with Crippen molar-refractivity contribution in [1.82, 2.24) is 5.32 Å². The van der Waals surface area contributed by atoms with Gasteiger partial charge in [0, 0.05) is 6.42 Å². The van der Waals surface area contributed by atoms with Gasteiger partial charge >= 0.3 is 0 Å². The molecule has 7 unspecified atom stereocenters. The van der Waals surface area contributed by atoms with E-state index < -0.39 is 49.5 Å². The predicted octanol–water partition coefficient (Wildman–Crippen LogP) is 13.7. The lowest BCUT2D eigenvalue weighted by atomic mass is 9.99. The summed E-state index contributed by atoms with van der Waals surface area (Å²) in [5.41, 5.74) is 0. The van der Waals surface area contributed by atoms with Crippen LogP contribution in [-0.2, 0) is 14.3 Å². The molecule has 1 rings (SSSR count). The number of nitrogens with one attached hydrogen (secondary N) is 1. The zero-order valence-corrected chi connectivity index (χ0v) is 43.6. The van der Waals surface area contributed by atoms with Gasteiger partial charge in [0.15, 0.2) is 6.29 Å². The average Bonchev–Trinajstić information content (AvgIpc) is 3.34. The second kappa shape index (κ2) is 48.3. The third-order valence-corrected chi connectivity index (χ3v) is 13.0. The van der Waals surface area contributed by atoms with Gasteiger partial charge in [0.1, 0.15) is 24.4 Å². The molecule has 9 nitrogen and oxygen atoms in total. The van der Waals surface area contributed by atoms with Crippen molar-refractivity contribution in [3.63, 3.8) is 0 Å². The summed E-state index contributed by atoms with van der Waals surface area (Å²) in [5.74, 6) is -0.192. The highest BCUT2D eigenvalue weighted by Crippen LogP contribution is 2.23. The lowest BCUT2D eigenvalue weighted by Crippen LogP contribution is -2.60. The average molecular weight is 956 g/mol. The molecule has 0 aromatic rings. The minimum absolute atomic E-state index is 0.192. The Hall–Kier alpha value is -2.37. The topological polar surface area (TPSA) is 149 Å². The van der Waals surface area contributed by atoms with Gasteiger partial charge in [0.2, 0.25) is 5.91 Å². The van der Waals surface area contributed by atoms with Gasteiger partial charge in [-0.05, 0) is 77.0 Å². The van der Waals surface area contributed by atoms with Gasteiger partial charge in [-0.1, -0.05) is 228 Å². The van der Waals surface area contributed by atoms with Crippen LogP contribution >= 0.6 is 0 Å². The summed E-state index contributed by atoms with van der Waals surface area (Å²) < 4.78 is 11.2. The Labute approximate surface area is 417 Å². The number of amides is 1. The highest BCUT2D eigenvalue weighted by molar-refractivity contribution is 5.76. The van der Waals surface area contributed by atoms with Crippen molar-refractivity contribution in [3.8, 4) is 0 Å². The Bertz CT molecular complexity index is 1290. The van der Waals surface area contributed by atoms with Crippen molar-refractivity contribution in [2.75, 3.05) is 13.2 Å². The van der Waals surface area contributed by atoms with Crippen LogP contribution in [0.5, 0.6) is 0 Å². The molecule has 1 fully saturated rings. The maximum atomic E-state index is 13.0. The van der Waals surface area contributed by atoms with Gasteiger partial charge in [-0.25, -0.2) is 0 Å². The molecule has 1 aliphatic heterocycles. The minimum Gasteiger partial charge on any atom is -0.394 e. The van der Waals surface area contributed by atoms with E-state index in [1.165, 1.54) is 154 Å². The van der Waals surface area contributed by atoms with Gasteiger partial charge < -0.3 is 40.3 Å². The summed E-state index contributed by atoms with van der Waals surface area (Å²) in [4.78, 5) is 13.0. The van der Waals surface area contributed by atoms with Crippen molar-refractivity contribution in [2.45, 2.75) is 281 Å². The van der Waals surface area contributed by atoms with Crippen molar-refractivity contribution < 1.29 is 39.8 Å². The molecular weight excluding hydrogens is 851 g/mol. The Morgan fingerprint density at radius 3 is 1.38 bits per heavy atom. The van der Waals surface area contributed by atoms with E-state index in [9.17, 15) is 30.3 Å². The van der Waals surface area contributed by atoms with E-state index in [0.717, 1.165) is 64.2 Å². The van der Waals surface area contributed by atoms with Gasteiger partial charge in [-0.2, -0.15) is 0 Å². The molecule has 0 aliphatic carbocycles. The number of rotatable bonds is 47. The number of carbonyl (C=O) groups excluding carboxylic acids is 1. The van der Waals surface area contributed by atoms with Crippen LogP contribution in [0, 0.1) is 0 Å². The molecule has 68 heavy (non-hydrogen) atoms. The first-order valence-electron chi connectivity index (χ1n) is 28.2. The molecule has 0 saturated carbocycles. The third-order valence-electron chi connectivity index (χ3n) is 13.0. The Morgan fingerprint density at radius 2 is 0.897 bits per heavy atom. The zero-order valence-electron chi connectivity index (χ0n) is 43.6. The fraction of sp³-hybridized carbons (Fsp3) is 0.780. The molecule has 1 aliphatic rings. The van der Waals surface area contributed by atoms with E-state index in [4.69, 9.17) is 9.47 Å². The molecule has 0 aromatic heterocycles. The highest BCUT2D eigenvalue weighted by atomic mass is 16.7. The second-order valence-corrected chi connectivity index (χ2v) is 19.4. The quantitative estimate of drug-likeness (QED) is 0.0261. The number of carbonyl (C=O) groups is 1. The van der Waals surface area contributed by atoms with Gasteiger partial charge in [0.05, 0.1) is 25.4 Å². The number of hydrogen-bond acceptors (Lipinski definition) is 8. The molecule has 9 heteroatoms. The van der Waals surface area contributed by atoms with E-state index in [1.54, 1.807) is 6.08 Å². The second-order valence-electron chi connectivity index (χ2n) is 19.4. The maximum Gasteiger partial charge on any atom is 0.220 e. The molecule has 7 atom stereocenters. The molecule has 1 saturated heterocycles. The number of unbranched alkanes of at least 4 members (excludes halogenated alkanes) is 27. The molecular formula is C59H105NO8. The minimum atomic E-state index is -1.58. The number of ether oxygens (including phenoxy) is 2. The summed E-state index contributed by atoms with van der Waals surface area (Å²) in [6.07, 6.45) is 59.9. The fourth-order valence-electron chi connectivity index (χ4n) is 8.48. The molecule has 1 heterocycles. The monoisotopic (exact) mass is 956 g/mol. The van der Waals surface area contributed by atoms with Crippen LogP contribution < -0.4 is 5.32 Å². The van der Waals surface area contributed by atoms with Crippen molar-refractivity contribution in [1.29, 1.82) is 0 Å². The van der Waals surface area contributed by atoms with Crippen LogP contribution in [0.2, 0.25) is 0 Å². The highest BCUT2D eigenvalue weighted by Gasteiger charge is 2.44. The lowest BCUT2D eigenvalue weighted by Gasteiger charge is -2.40. The van der Waals surface area contributed by atoms with Crippen LogP contribution in [0.1, 0.15) is 239 Å².